The maximum Gasteiger partial charge on any atom is 0.161 e. The lowest BCUT2D eigenvalue weighted by Gasteiger charge is -2.27. The molecule has 0 aliphatic carbocycles. The van der Waals surface area contributed by atoms with Crippen molar-refractivity contribution in [3.05, 3.63) is 82.4 Å². The van der Waals surface area contributed by atoms with Gasteiger partial charge in [-0.1, -0.05) is 71.9 Å². The predicted octanol–water partition coefficient (Wildman–Crippen LogP) is 6.89. The Morgan fingerprint density at radius 3 is 1.36 bits per heavy atom. The first-order valence-electron chi connectivity index (χ1n) is 11.3. The molecule has 0 amide bonds. The first-order valence-corrected chi connectivity index (χ1v) is 11.3. The summed E-state index contributed by atoms with van der Waals surface area (Å²) < 4.78 is 11.0. The van der Waals surface area contributed by atoms with Gasteiger partial charge in [-0.2, -0.15) is 0 Å². The van der Waals surface area contributed by atoms with E-state index < -0.39 is 0 Å². The van der Waals surface area contributed by atoms with E-state index in [2.05, 4.69) is 53.7 Å². The van der Waals surface area contributed by atoms with Crippen molar-refractivity contribution >= 4 is 0 Å². The van der Waals surface area contributed by atoms with E-state index in [-0.39, 0.29) is 16.7 Å². The van der Waals surface area contributed by atoms with Gasteiger partial charge < -0.3 is 19.7 Å². The van der Waals surface area contributed by atoms with Gasteiger partial charge in [-0.25, -0.2) is 0 Å². The molecule has 0 bridgehead atoms. The molecule has 0 aliphatic rings. The van der Waals surface area contributed by atoms with Crippen LogP contribution in [0.25, 0.3) is 0 Å². The highest BCUT2D eigenvalue weighted by Gasteiger charge is 2.26. The number of aromatic hydroxyl groups is 2. The molecule has 0 aromatic heterocycles. The fraction of sp³-hybridized carbons (Fsp3) is 0.379. The van der Waals surface area contributed by atoms with Gasteiger partial charge in [0.2, 0.25) is 0 Å². The molecule has 3 aromatic rings. The number of hydrogen-bond acceptors (Lipinski definition) is 4. The molecule has 0 saturated carbocycles. The van der Waals surface area contributed by atoms with Crippen LogP contribution in [-0.2, 0) is 10.8 Å². The molecule has 33 heavy (non-hydrogen) atoms. The molecule has 0 fully saturated rings. The fourth-order valence-electron chi connectivity index (χ4n) is 4.28. The first-order chi connectivity index (χ1) is 15.4. The summed E-state index contributed by atoms with van der Waals surface area (Å²) in [5.41, 5.74) is 4.48. The zero-order chi connectivity index (χ0) is 24.6. The smallest absolute Gasteiger partial charge is 0.161 e. The Hall–Kier alpha value is -3.14. The third-order valence-electron chi connectivity index (χ3n) is 6.06. The molecule has 2 N–H and O–H groups in total. The molecule has 176 valence electrons. The lowest BCUT2D eigenvalue weighted by atomic mass is 9.78. The fourth-order valence-corrected chi connectivity index (χ4v) is 4.28. The van der Waals surface area contributed by atoms with Crippen molar-refractivity contribution in [2.45, 2.75) is 58.3 Å². The minimum Gasteiger partial charge on any atom is -0.508 e. The van der Waals surface area contributed by atoms with Crippen LogP contribution in [0.15, 0.2) is 54.6 Å². The topological polar surface area (TPSA) is 58.9 Å². The molecule has 0 saturated heterocycles. The SMILES string of the molecule is COc1ccc(C(c2ccc(O)c(C(C)(C)C)c2)c2ccc(O)c(C(C)(C)C)c2)cc1OC. The van der Waals surface area contributed by atoms with Crippen LogP contribution in [0.1, 0.15) is 75.3 Å². The van der Waals surface area contributed by atoms with Crippen LogP contribution in [0.3, 0.4) is 0 Å². The Labute approximate surface area is 197 Å². The summed E-state index contributed by atoms with van der Waals surface area (Å²) in [4.78, 5) is 0. The molecule has 4 nitrogen and oxygen atoms in total. The van der Waals surface area contributed by atoms with Crippen molar-refractivity contribution in [1.82, 2.24) is 0 Å². The average Bonchev–Trinajstić information content (AvgIpc) is 2.74. The lowest BCUT2D eigenvalue weighted by molar-refractivity contribution is 0.354. The van der Waals surface area contributed by atoms with Gasteiger partial charge >= 0.3 is 0 Å². The van der Waals surface area contributed by atoms with E-state index in [1.165, 1.54) is 0 Å². The average molecular weight is 449 g/mol. The molecule has 0 atom stereocenters. The Balaban J connectivity index is 2.30. The van der Waals surface area contributed by atoms with Crippen LogP contribution in [0, 0.1) is 0 Å². The van der Waals surface area contributed by atoms with E-state index in [4.69, 9.17) is 9.47 Å². The van der Waals surface area contributed by atoms with E-state index in [9.17, 15) is 10.2 Å². The molecule has 3 rings (SSSR count). The molecule has 0 heterocycles. The van der Waals surface area contributed by atoms with E-state index in [0.717, 1.165) is 27.8 Å². The van der Waals surface area contributed by atoms with Gasteiger partial charge in [0.05, 0.1) is 14.2 Å². The zero-order valence-electron chi connectivity index (χ0n) is 21.0. The van der Waals surface area contributed by atoms with Gasteiger partial charge in [0.1, 0.15) is 11.5 Å². The van der Waals surface area contributed by atoms with Gasteiger partial charge in [-0.05, 0) is 62.9 Å². The summed E-state index contributed by atoms with van der Waals surface area (Å²) in [6, 6.07) is 17.6. The van der Waals surface area contributed by atoms with Gasteiger partial charge in [-0.3, -0.25) is 0 Å². The van der Waals surface area contributed by atoms with Gasteiger partial charge in [0.25, 0.3) is 0 Å². The third-order valence-corrected chi connectivity index (χ3v) is 6.06. The predicted molar refractivity (Wildman–Crippen MR) is 134 cm³/mol. The number of hydrogen-bond donors (Lipinski definition) is 2. The minimum atomic E-state index is -0.215. The number of phenols is 2. The molecular formula is C29H36O4. The number of rotatable bonds is 5. The number of ether oxygens (including phenoxy) is 2. The highest BCUT2D eigenvalue weighted by atomic mass is 16.5. The summed E-state index contributed by atoms with van der Waals surface area (Å²) in [5, 5.41) is 21.1. The van der Waals surface area contributed by atoms with Crippen molar-refractivity contribution in [3.8, 4) is 23.0 Å². The number of benzene rings is 3. The Morgan fingerprint density at radius 2 is 0.970 bits per heavy atom. The second-order valence-corrected chi connectivity index (χ2v) is 10.6. The number of methoxy groups -OCH3 is 2. The minimum absolute atomic E-state index is 0.131. The summed E-state index contributed by atoms with van der Waals surface area (Å²) in [6.07, 6.45) is 0. The molecule has 0 radical (unpaired) electrons. The molecular weight excluding hydrogens is 412 g/mol. The van der Waals surface area contributed by atoms with Crippen LogP contribution < -0.4 is 9.47 Å². The highest BCUT2D eigenvalue weighted by Crippen LogP contribution is 2.42. The zero-order valence-corrected chi connectivity index (χ0v) is 21.0. The Kier molecular flexibility index (Phi) is 6.69. The van der Waals surface area contributed by atoms with Crippen LogP contribution in [-0.4, -0.2) is 24.4 Å². The Bertz CT molecular complexity index is 1070. The van der Waals surface area contributed by atoms with Crippen LogP contribution in [0.2, 0.25) is 0 Å². The number of phenolic OH excluding ortho intramolecular Hbond substituents is 2. The highest BCUT2D eigenvalue weighted by molar-refractivity contribution is 5.54. The molecule has 0 aliphatic heterocycles. The van der Waals surface area contributed by atoms with E-state index in [1.807, 2.05) is 30.3 Å². The lowest BCUT2D eigenvalue weighted by Crippen LogP contribution is -2.15. The van der Waals surface area contributed by atoms with Crippen molar-refractivity contribution in [1.29, 1.82) is 0 Å². The first kappa shape index (κ1) is 24.5. The van der Waals surface area contributed by atoms with Crippen LogP contribution in [0.4, 0.5) is 0 Å². The van der Waals surface area contributed by atoms with Crippen molar-refractivity contribution < 1.29 is 19.7 Å². The van der Waals surface area contributed by atoms with E-state index in [1.54, 1.807) is 26.4 Å². The third kappa shape index (κ3) is 5.11. The van der Waals surface area contributed by atoms with Crippen LogP contribution in [0.5, 0.6) is 23.0 Å². The van der Waals surface area contributed by atoms with Gasteiger partial charge in [-0.15, -0.1) is 0 Å². The quantitative estimate of drug-likeness (QED) is 0.417. The standard InChI is InChI=1S/C29H36O4/c1-28(2,3)21-15-18(9-12-23(21)30)27(20-11-14-25(32-7)26(17-20)33-8)19-10-13-24(31)22(16-19)29(4,5)6/h9-17,27,30-31H,1-8H3. The largest absolute Gasteiger partial charge is 0.508 e. The molecule has 3 aromatic carbocycles. The summed E-state index contributed by atoms with van der Waals surface area (Å²) >= 11 is 0. The molecule has 0 spiro atoms. The summed E-state index contributed by atoms with van der Waals surface area (Å²) in [6.45, 7) is 12.6. The van der Waals surface area contributed by atoms with Crippen molar-refractivity contribution in [2.24, 2.45) is 0 Å². The summed E-state index contributed by atoms with van der Waals surface area (Å²) in [7, 11) is 3.26. The van der Waals surface area contributed by atoms with Crippen molar-refractivity contribution in [3.63, 3.8) is 0 Å². The Morgan fingerprint density at radius 1 is 0.576 bits per heavy atom. The molecule has 4 heteroatoms. The monoisotopic (exact) mass is 448 g/mol. The maximum absolute atomic E-state index is 10.6. The normalized spacial score (nSPS) is 12.2. The van der Waals surface area contributed by atoms with E-state index >= 15 is 0 Å². The van der Waals surface area contributed by atoms with Crippen molar-refractivity contribution in [2.75, 3.05) is 14.2 Å². The second-order valence-electron chi connectivity index (χ2n) is 10.6. The second kappa shape index (κ2) is 9.01. The maximum atomic E-state index is 10.6. The van der Waals surface area contributed by atoms with Gasteiger partial charge in [0, 0.05) is 5.92 Å². The van der Waals surface area contributed by atoms with E-state index in [0.29, 0.717) is 23.0 Å². The molecule has 0 unspecified atom stereocenters. The van der Waals surface area contributed by atoms with Gasteiger partial charge in [0.15, 0.2) is 11.5 Å². The summed E-state index contributed by atoms with van der Waals surface area (Å²) in [5.74, 6) is 1.77. The van der Waals surface area contributed by atoms with Crippen LogP contribution >= 0.6 is 0 Å².